The number of nitrogens with one attached hydrogen (secondary N) is 2. The van der Waals surface area contributed by atoms with Crippen LogP contribution in [0.1, 0.15) is 87.2 Å². The molecule has 2 aromatic rings. The van der Waals surface area contributed by atoms with Crippen LogP contribution < -0.4 is 15.4 Å². The Kier molecular flexibility index (Phi) is 8.91. The molecular formula is C29H38N2O3. The second-order valence-electron chi connectivity index (χ2n) is 9.77. The fourth-order valence-corrected chi connectivity index (χ4v) is 4.38. The molecule has 2 aromatic carbocycles. The minimum atomic E-state index is -0.155. The SMILES string of the molecule is CCCCCCCCC(=O)Nc1ccc(C(=O)C=C2NC(C)(C)Cc3ccc(OC)cc32)cc1. The maximum Gasteiger partial charge on any atom is 0.224 e. The molecule has 0 radical (unpaired) electrons. The van der Waals surface area contributed by atoms with Crippen LogP contribution in [0, 0.1) is 0 Å². The average molecular weight is 463 g/mol. The Morgan fingerprint density at radius 3 is 2.44 bits per heavy atom. The monoisotopic (exact) mass is 462 g/mol. The number of carbonyl (C=O) groups excluding carboxylic acids is 2. The summed E-state index contributed by atoms with van der Waals surface area (Å²) < 4.78 is 5.39. The second kappa shape index (κ2) is 11.9. The molecule has 3 rings (SSSR count). The van der Waals surface area contributed by atoms with E-state index in [2.05, 4.69) is 37.5 Å². The molecule has 1 aliphatic rings. The van der Waals surface area contributed by atoms with Crippen molar-refractivity contribution in [2.24, 2.45) is 0 Å². The van der Waals surface area contributed by atoms with Crippen LogP contribution in [-0.4, -0.2) is 24.3 Å². The Balaban J connectivity index is 1.63. The van der Waals surface area contributed by atoms with Crippen LogP contribution in [0.5, 0.6) is 5.75 Å². The highest BCUT2D eigenvalue weighted by Crippen LogP contribution is 2.32. The summed E-state index contributed by atoms with van der Waals surface area (Å²) in [6.07, 6.45) is 9.99. The molecule has 0 unspecified atom stereocenters. The molecule has 34 heavy (non-hydrogen) atoms. The number of carbonyl (C=O) groups is 2. The number of methoxy groups -OCH3 is 1. The zero-order valence-electron chi connectivity index (χ0n) is 21.0. The van der Waals surface area contributed by atoms with Gasteiger partial charge in [-0.25, -0.2) is 0 Å². The predicted molar refractivity (Wildman–Crippen MR) is 139 cm³/mol. The topological polar surface area (TPSA) is 67.4 Å². The summed E-state index contributed by atoms with van der Waals surface area (Å²) in [5.74, 6) is 0.703. The molecule has 5 nitrogen and oxygen atoms in total. The molecule has 0 spiro atoms. The van der Waals surface area contributed by atoms with Gasteiger partial charge in [-0.2, -0.15) is 0 Å². The van der Waals surface area contributed by atoms with Crippen LogP contribution in [0.3, 0.4) is 0 Å². The molecule has 182 valence electrons. The Morgan fingerprint density at radius 1 is 1.03 bits per heavy atom. The van der Waals surface area contributed by atoms with Crippen molar-refractivity contribution >= 4 is 23.1 Å². The van der Waals surface area contributed by atoms with Gasteiger partial charge in [-0.05, 0) is 68.7 Å². The molecule has 0 aliphatic carbocycles. The van der Waals surface area contributed by atoms with E-state index in [9.17, 15) is 9.59 Å². The van der Waals surface area contributed by atoms with E-state index in [-0.39, 0.29) is 17.2 Å². The van der Waals surface area contributed by atoms with Crippen molar-refractivity contribution in [2.45, 2.75) is 77.7 Å². The number of fused-ring (bicyclic) bond motifs is 1. The number of allylic oxidation sites excluding steroid dienone is 1. The molecule has 1 amide bonds. The third-order valence-electron chi connectivity index (χ3n) is 6.20. The molecule has 0 bridgehead atoms. The maximum absolute atomic E-state index is 13.0. The lowest BCUT2D eigenvalue weighted by Gasteiger charge is -2.35. The largest absolute Gasteiger partial charge is 0.497 e. The van der Waals surface area contributed by atoms with E-state index < -0.39 is 0 Å². The predicted octanol–water partition coefficient (Wildman–Crippen LogP) is 6.53. The van der Waals surface area contributed by atoms with Crippen LogP contribution in [-0.2, 0) is 11.2 Å². The molecule has 5 heteroatoms. The van der Waals surface area contributed by atoms with E-state index in [1.807, 2.05) is 12.1 Å². The average Bonchev–Trinajstić information content (AvgIpc) is 2.81. The summed E-state index contributed by atoms with van der Waals surface area (Å²) >= 11 is 0. The summed E-state index contributed by atoms with van der Waals surface area (Å²) in [6, 6.07) is 13.1. The lowest BCUT2D eigenvalue weighted by molar-refractivity contribution is -0.116. The van der Waals surface area contributed by atoms with Gasteiger partial charge < -0.3 is 15.4 Å². The lowest BCUT2D eigenvalue weighted by atomic mass is 9.85. The van der Waals surface area contributed by atoms with Crippen molar-refractivity contribution in [1.82, 2.24) is 5.32 Å². The molecule has 1 heterocycles. The van der Waals surface area contributed by atoms with Crippen LogP contribution in [0.25, 0.3) is 5.70 Å². The molecule has 1 aliphatic heterocycles. The number of hydrogen-bond donors (Lipinski definition) is 2. The first-order valence-corrected chi connectivity index (χ1v) is 12.4. The summed E-state index contributed by atoms with van der Waals surface area (Å²) in [5.41, 5.74) is 4.12. The van der Waals surface area contributed by atoms with Crippen molar-refractivity contribution in [3.63, 3.8) is 0 Å². The van der Waals surface area contributed by atoms with Crippen molar-refractivity contribution in [1.29, 1.82) is 0 Å². The van der Waals surface area contributed by atoms with E-state index >= 15 is 0 Å². The number of hydrogen-bond acceptors (Lipinski definition) is 4. The first-order chi connectivity index (χ1) is 16.3. The van der Waals surface area contributed by atoms with Gasteiger partial charge in [-0.15, -0.1) is 0 Å². The molecule has 2 N–H and O–H groups in total. The summed E-state index contributed by atoms with van der Waals surface area (Å²) in [6.45, 7) is 6.45. The van der Waals surface area contributed by atoms with Gasteiger partial charge in [0.05, 0.1) is 7.11 Å². The molecule has 0 aromatic heterocycles. The molecular weight excluding hydrogens is 424 g/mol. The number of amides is 1. The Hall–Kier alpha value is -3.08. The molecule has 0 fully saturated rings. The minimum absolute atomic E-state index is 0.0240. The van der Waals surface area contributed by atoms with Gasteiger partial charge in [0.15, 0.2) is 5.78 Å². The fraction of sp³-hybridized carbons (Fsp3) is 0.448. The zero-order chi connectivity index (χ0) is 24.6. The summed E-state index contributed by atoms with van der Waals surface area (Å²) in [4.78, 5) is 25.2. The van der Waals surface area contributed by atoms with Crippen LogP contribution in [0.2, 0.25) is 0 Å². The summed E-state index contributed by atoms with van der Waals surface area (Å²) in [7, 11) is 1.64. The zero-order valence-corrected chi connectivity index (χ0v) is 21.0. The van der Waals surface area contributed by atoms with Gasteiger partial charge in [0.25, 0.3) is 0 Å². The van der Waals surface area contributed by atoms with Gasteiger partial charge in [0.1, 0.15) is 5.75 Å². The normalized spacial score (nSPS) is 15.4. The maximum atomic E-state index is 13.0. The number of rotatable bonds is 11. The van der Waals surface area contributed by atoms with Crippen LogP contribution in [0.15, 0.2) is 48.5 Å². The number of anilines is 1. The fourth-order valence-electron chi connectivity index (χ4n) is 4.38. The van der Waals surface area contributed by atoms with E-state index in [4.69, 9.17) is 4.74 Å². The van der Waals surface area contributed by atoms with E-state index in [0.29, 0.717) is 17.7 Å². The van der Waals surface area contributed by atoms with Gasteiger partial charge in [-0.3, -0.25) is 9.59 Å². The van der Waals surface area contributed by atoms with E-state index in [1.54, 1.807) is 37.5 Å². The number of unbranched alkanes of at least 4 members (excludes halogenated alkanes) is 5. The minimum Gasteiger partial charge on any atom is -0.497 e. The van der Waals surface area contributed by atoms with E-state index in [0.717, 1.165) is 36.3 Å². The van der Waals surface area contributed by atoms with Crippen LogP contribution >= 0.6 is 0 Å². The van der Waals surface area contributed by atoms with Crippen molar-refractivity contribution < 1.29 is 14.3 Å². The van der Waals surface area contributed by atoms with Crippen molar-refractivity contribution in [3.05, 3.63) is 65.2 Å². The molecule has 0 atom stereocenters. The highest BCUT2D eigenvalue weighted by Gasteiger charge is 2.28. The van der Waals surface area contributed by atoms with Crippen molar-refractivity contribution in [2.75, 3.05) is 12.4 Å². The van der Waals surface area contributed by atoms with Gasteiger partial charge in [-0.1, -0.05) is 45.1 Å². The highest BCUT2D eigenvalue weighted by molar-refractivity contribution is 6.09. The van der Waals surface area contributed by atoms with Gasteiger partial charge in [0, 0.05) is 40.5 Å². The highest BCUT2D eigenvalue weighted by atomic mass is 16.5. The Morgan fingerprint density at radius 2 is 1.74 bits per heavy atom. The summed E-state index contributed by atoms with van der Waals surface area (Å²) in [5, 5.41) is 6.44. The number of ether oxygens (including phenoxy) is 1. The quantitative estimate of drug-likeness (QED) is 0.226. The third kappa shape index (κ3) is 7.21. The molecule has 0 saturated carbocycles. The number of benzene rings is 2. The lowest BCUT2D eigenvalue weighted by Crippen LogP contribution is -2.43. The third-order valence-corrected chi connectivity index (χ3v) is 6.20. The van der Waals surface area contributed by atoms with E-state index in [1.165, 1.54) is 31.2 Å². The standard InChI is InChI=1S/C29H38N2O3/c1-5-6-7-8-9-10-11-28(33)30-23-15-12-21(13-16-23)27(32)19-26-25-18-24(34-4)17-14-22(25)20-29(2,3)31-26/h12-19,31H,5-11,20H2,1-4H3,(H,30,33). The second-order valence-corrected chi connectivity index (χ2v) is 9.77. The smallest absolute Gasteiger partial charge is 0.224 e. The van der Waals surface area contributed by atoms with Crippen molar-refractivity contribution in [3.8, 4) is 5.75 Å². The van der Waals surface area contributed by atoms with Gasteiger partial charge in [0.2, 0.25) is 5.91 Å². The first-order valence-electron chi connectivity index (χ1n) is 12.4. The van der Waals surface area contributed by atoms with Crippen LogP contribution in [0.4, 0.5) is 5.69 Å². The Bertz CT molecular complexity index is 1020. The first kappa shape index (κ1) is 25.5. The van der Waals surface area contributed by atoms with Gasteiger partial charge >= 0.3 is 0 Å². The molecule has 0 saturated heterocycles. The Labute approximate surface area is 204 Å². The number of ketones is 1.